The van der Waals surface area contributed by atoms with Gasteiger partial charge in [0.15, 0.2) is 11.6 Å². The number of para-hydroxylation sites is 1. The molecule has 0 unspecified atom stereocenters. The lowest BCUT2D eigenvalue weighted by atomic mass is 10.1. The molecule has 0 bridgehead atoms. The molecule has 100 valence electrons. The third-order valence-corrected chi connectivity index (χ3v) is 2.77. The summed E-state index contributed by atoms with van der Waals surface area (Å²) in [7, 11) is 0. The molecular formula is C15H18N2O2. The van der Waals surface area contributed by atoms with Crippen molar-refractivity contribution in [3.05, 3.63) is 36.2 Å². The van der Waals surface area contributed by atoms with Gasteiger partial charge in [-0.1, -0.05) is 26.0 Å². The molecule has 0 spiro atoms. The van der Waals surface area contributed by atoms with Gasteiger partial charge in [-0.3, -0.25) is 0 Å². The van der Waals surface area contributed by atoms with E-state index in [1.54, 1.807) is 0 Å². The fraction of sp³-hybridized carbons (Fsp3) is 0.333. The Morgan fingerprint density at radius 1 is 1.26 bits per heavy atom. The molecule has 2 rings (SSSR count). The smallest absolute Gasteiger partial charge is 0.163 e. The van der Waals surface area contributed by atoms with E-state index in [-0.39, 0.29) is 11.7 Å². The SMILES string of the molecule is CCOc1ccccc1-c1ncc(O)c(C(C)C)n1. The van der Waals surface area contributed by atoms with Crippen molar-refractivity contribution in [2.75, 3.05) is 6.61 Å². The standard InChI is InChI=1S/C15H18N2O2/c1-4-19-13-8-6-5-7-11(13)15-16-9-12(18)14(17-15)10(2)3/h5-10,18H,4H2,1-3H3. The van der Waals surface area contributed by atoms with Crippen molar-refractivity contribution >= 4 is 0 Å². The molecule has 0 aliphatic heterocycles. The van der Waals surface area contributed by atoms with Gasteiger partial charge in [0.2, 0.25) is 0 Å². The molecule has 0 radical (unpaired) electrons. The van der Waals surface area contributed by atoms with Crippen molar-refractivity contribution in [3.8, 4) is 22.9 Å². The van der Waals surface area contributed by atoms with Crippen molar-refractivity contribution in [2.24, 2.45) is 0 Å². The summed E-state index contributed by atoms with van der Waals surface area (Å²) in [6.07, 6.45) is 1.44. The molecule has 0 saturated carbocycles. The van der Waals surface area contributed by atoms with E-state index in [2.05, 4.69) is 9.97 Å². The minimum Gasteiger partial charge on any atom is -0.504 e. The van der Waals surface area contributed by atoms with E-state index in [0.717, 1.165) is 11.3 Å². The number of nitrogens with zero attached hydrogens (tertiary/aromatic N) is 2. The van der Waals surface area contributed by atoms with E-state index in [0.29, 0.717) is 18.1 Å². The summed E-state index contributed by atoms with van der Waals surface area (Å²) < 4.78 is 5.58. The summed E-state index contributed by atoms with van der Waals surface area (Å²) in [6, 6.07) is 7.65. The molecule has 19 heavy (non-hydrogen) atoms. The van der Waals surface area contributed by atoms with Gasteiger partial charge in [-0.25, -0.2) is 9.97 Å². The molecule has 0 aliphatic carbocycles. The highest BCUT2D eigenvalue weighted by Gasteiger charge is 2.13. The molecule has 1 aromatic carbocycles. The Balaban J connectivity index is 2.50. The lowest BCUT2D eigenvalue weighted by Crippen LogP contribution is -2.00. The van der Waals surface area contributed by atoms with Gasteiger partial charge < -0.3 is 9.84 Å². The van der Waals surface area contributed by atoms with Gasteiger partial charge >= 0.3 is 0 Å². The summed E-state index contributed by atoms with van der Waals surface area (Å²) in [5, 5.41) is 9.77. The molecule has 0 aliphatic rings. The molecule has 1 heterocycles. The highest BCUT2D eigenvalue weighted by Crippen LogP contribution is 2.30. The normalized spacial score (nSPS) is 10.7. The number of hydrogen-bond donors (Lipinski definition) is 1. The molecule has 1 aromatic heterocycles. The average molecular weight is 258 g/mol. The van der Waals surface area contributed by atoms with Crippen LogP contribution < -0.4 is 4.74 Å². The minimum absolute atomic E-state index is 0.132. The first-order valence-corrected chi connectivity index (χ1v) is 6.41. The number of rotatable bonds is 4. The molecule has 0 atom stereocenters. The van der Waals surface area contributed by atoms with Crippen LogP contribution in [0.15, 0.2) is 30.5 Å². The summed E-state index contributed by atoms with van der Waals surface area (Å²) in [5.41, 5.74) is 1.49. The van der Waals surface area contributed by atoms with Gasteiger partial charge in [-0.2, -0.15) is 0 Å². The predicted octanol–water partition coefficient (Wildman–Crippen LogP) is 3.37. The van der Waals surface area contributed by atoms with Gasteiger partial charge in [0.1, 0.15) is 5.75 Å². The monoisotopic (exact) mass is 258 g/mol. The zero-order valence-corrected chi connectivity index (χ0v) is 11.4. The van der Waals surface area contributed by atoms with E-state index < -0.39 is 0 Å². The van der Waals surface area contributed by atoms with Crippen LogP contribution in [0.5, 0.6) is 11.5 Å². The van der Waals surface area contributed by atoms with E-state index in [9.17, 15) is 5.11 Å². The average Bonchev–Trinajstić information content (AvgIpc) is 2.40. The number of hydrogen-bond acceptors (Lipinski definition) is 4. The van der Waals surface area contributed by atoms with E-state index in [1.807, 2.05) is 45.0 Å². The minimum atomic E-state index is 0.132. The van der Waals surface area contributed by atoms with Crippen LogP contribution in [-0.2, 0) is 0 Å². The first-order chi connectivity index (χ1) is 9.13. The topological polar surface area (TPSA) is 55.2 Å². The maximum atomic E-state index is 9.77. The van der Waals surface area contributed by atoms with Crippen LogP contribution in [0, 0.1) is 0 Å². The van der Waals surface area contributed by atoms with E-state index >= 15 is 0 Å². The van der Waals surface area contributed by atoms with Crippen LogP contribution in [0.25, 0.3) is 11.4 Å². The van der Waals surface area contributed by atoms with Crippen molar-refractivity contribution in [2.45, 2.75) is 26.7 Å². The van der Waals surface area contributed by atoms with Gasteiger partial charge in [0, 0.05) is 0 Å². The second-order valence-electron chi connectivity index (χ2n) is 4.55. The van der Waals surface area contributed by atoms with Gasteiger partial charge in [0.05, 0.1) is 24.1 Å². The Morgan fingerprint density at radius 2 is 2.00 bits per heavy atom. The molecule has 0 amide bonds. The van der Waals surface area contributed by atoms with Crippen molar-refractivity contribution in [1.82, 2.24) is 9.97 Å². The van der Waals surface area contributed by atoms with Crippen LogP contribution in [0.4, 0.5) is 0 Å². The van der Waals surface area contributed by atoms with Crippen LogP contribution in [0.2, 0.25) is 0 Å². The summed E-state index contributed by atoms with van der Waals surface area (Å²) in [5.74, 6) is 1.60. The lowest BCUT2D eigenvalue weighted by molar-refractivity contribution is 0.341. The lowest BCUT2D eigenvalue weighted by Gasteiger charge is -2.11. The molecule has 4 nitrogen and oxygen atoms in total. The van der Waals surface area contributed by atoms with E-state index in [1.165, 1.54) is 6.20 Å². The van der Waals surface area contributed by atoms with Gasteiger partial charge in [-0.15, -0.1) is 0 Å². The van der Waals surface area contributed by atoms with Crippen LogP contribution >= 0.6 is 0 Å². The van der Waals surface area contributed by atoms with Crippen molar-refractivity contribution in [3.63, 3.8) is 0 Å². The Kier molecular flexibility index (Phi) is 4.00. The molecule has 1 N–H and O–H groups in total. The summed E-state index contributed by atoms with van der Waals surface area (Å²) >= 11 is 0. The zero-order valence-electron chi connectivity index (χ0n) is 11.4. The fourth-order valence-electron chi connectivity index (χ4n) is 1.88. The number of aromatic nitrogens is 2. The highest BCUT2D eigenvalue weighted by atomic mass is 16.5. The molecule has 0 fully saturated rings. The largest absolute Gasteiger partial charge is 0.504 e. The maximum Gasteiger partial charge on any atom is 0.163 e. The maximum absolute atomic E-state index is 9.77. The Morgan fingerprint density at radius 3 is 2.68 bits per heavy atom. The molecule has 4 heteroatoms. The number of aromatic hydroxyl groups is 1. The Labute approximate surface area is 113 Å². The second-order valence-corrected chi connectivity index (χ2v) is 4.55. The third kappa shape index (κ3) is 2.84. The molecular weight excluding hydrogens is 240 g/mol. The second kappa shape index (κ2) is 5.69. The molecule has 2 aromatic rings. The Bertz CT molecular complexity index is 568. The van der Waals surface area contributed by atoms with E-state index in [4.69, 9.17) is 4.74 Å². The molecule has 0 saturated heterocycles. The highest BCUT2D eigenvalue weighted by molar-refractivity contribution is 5.64. The number of ether oxygens (including phenoxy) is 1. The first kappa shape index (κ1) is 13.3. The van der Waals surface area contributed by atoms with Crippen LogP contribution in [-0.4, -0.2) is 21.7 Å². The summed E-state index contributed by atoms with van der Waals surface area (Å²) in [6.45, 7) is 6.50. The van der Waals surface area contributed by atoms with Crippen molar-refractivity contribution < 1.29 is 9.84 Å². The zero-order chi connectivity index (χ0) is 13.8. The summed E-state index contributed by atoms with van der Waals surface area (Å²) in [4.78, 5) is 8.64. The Hall–Kier alpha value is -2.10. The predicted molar refractivity (Wildman–Crippen MR) is 74.4 cm³/mol. The van der Waals surface area contributed by atoms with Crippen molar-refractivity contribution in [1.29, 1.82) is 0 Å². The quantitative estimate of drug-likeness (QED) is 0.913. The number of benzene rings is 1. The van der Waals surface area contributed by atoms with Crippen LogP contribution in [0.1, 0.15) is 32.4 Å². The van der Waals surface area contributed by atoms with Gasteiger partial charge in [-0.05, 0) is 25.0 Å². The van der Waals surface area contributed by atoms with Crippen LogP contribution in [0.3, 0.4) is 0 Å². The third-order valence-electron chi connectivity index (χ3n) is 2.77. The fourth-order valence-corrected chi connectivity index (χ4v) is 1.88. The van der Waals surface area contributed by atoms with Gasteiger partial charge in [0.25, 0.3) is 0 Å². The first-order valence-electron chi connectivity index (χ1n) is 6.41.